The van der Waals surface area contributed by atoms with E-state index < -0.39 is 0 Å². The summed E-state index contributed by atoms with van der Waals surface area (Å²) >= 11 is 0. The molecule has 1 aliphatic heterocycles. The van der Waals surface area contributed by atoms with Crippen LogP contribution in [-0.2, 0) is 0 Å². The molecule has 1 aromatic rings. The lowest BCUT2D eigenvalue weighted by Crippen LogP contribution is -2.02. The predicted octanol–water partition coefficient (Wildman–Crippen LogP) is 1.89. The number of benzene rings is 1. The first-order valence-corrected chi connectivity index (χ1v) is 5.69. The molecule has 0 bridgehead atoms. The van der Waals surface area contributed by atoms with Gasteiger partial charge in [-0.05, 0) is 12.1 Å². The van der Waals surface area contributed by atoms with E-state index in [1.165, 1.54) is 20.2 Å². The third kappa shape index (κ3) is 4.07. The van der Waals surface area contributed by atoms with Crippen LogP contribution in [0.4, 0.5) is 0 Å². The van der Waals surface area contributed by atoms with Gasteiger partial charge in [-0.1, -0.05) is 13.0 Å². The van der Waals surface area contributed by atoms with E-state index in [1.807, 2.05) is 6.92 Å². The molecule has 1 heterocycles. The van der Waals surface area contributed by atoms with Crippen molar-refractivity contribution in [3.63, 3.8) is 0 Å². The Bertz CT molecular complexity index is 372. The molecule has 2 rings (SSSR count). The Kier molecular flexibility index (Phi) is 5.49. The fourth-order valence-corrected chi connectivity index (χ4v) is 1.30. The highest BCUT2D eigenvalue weighted by atomic mass is 16.5. The van der Waals surface area contributed by atoms with Crippen LogP contribution in [0.2, 0.25) is 0 Å². The summed E-state index contributed by atoms with van der Waals surface area (Å²) in [5.74, 6) is 1.16. The minimum atomic E-state index is 0.0563. The zero-order valence-electron chi connectivity index (χ0n) is 10.6. The Hall–Kier alpha value is -1.55. The molecule has 1 N–H and O–H groups in total. The van der Waals surface area contributed by atoms with Gasteiger partial charge in [0.1, 0.15) is 0 Å². The number of nitrogens with one attached hydrogen (secondary N) is 1. The molecular formula is C13H19NO3. The van der Waals surface area contributed by atoms with E-state index in [2.05, 4.69) is 5.32 Å². The molecule has 1 aliphatic rings. The molecule has 0 amide bonds. The summed E-state index contributed by atoms with van der Waals surface area (Å²) < 4.78 is 10.2. The number of para-hydroxylation sites is 1. The van der Waals surface area contributed by atoms with Crippen molar-refractivity contribution in [1.82, 2.24) is 5.32 Å². The largest absolute Gasteiger partial charge is 0.493 e. The smallest absolute Gasteiger partial charge is 0.171 e. The summed E-state index contributed by atoms with van der Waals surface area (Å²) in [6.45, 7) is 4.32. The highest BCUT2D eigenvalue weighted by Gasteiger charge is 2.14. The minimum absolute atomic E-state index is 0.0563. The summed E-state index contributed by atoms with van der Waals surface area (Å²) in [7, 11) is 3.09. The molecule has 0 unspecified atom stereocenters. The number of carbonyl (C=O) groups is 1. The van der Waals surface area contributed by atoms with Crippen molar-refractivity contribution in [2.75, 3.05) is 27.3 Å². The highest BCUT2D eigenvalue weighted by Crippen LogP contribution is 2.31. The lowest BCUT2D eigenvalue weighted by atomic mass is 10.1. The van der Waals surface area contributed by atoms with Gasteiger partial charge < -0.3 is 14.8 Å². The normalized spacial score (nSPS) is 12.2. The summed E-state index contributed by atoms with van der Waals surface area (Å²) in [6, 6.07) is 5.29. The van der Waals surface area contributed by atoms with E-state index >= 15 is 0 Å². The van der Waals surface area contributed by atoms with Crippen LogP contribution in [0.1, 0.15) is 23.7 Å². The average molecular weight is 237 g/mol. The number of ketones is 1. The molecule has 0 saturated carbocycles. The van der Waals surface area contributed by atoms with Crippen molar-refractivity contribution < 1.29 is 14.3 Å². The third-order valence-corrected chi connectivity index (χ3v) is 2.27. The summed E-state index contributed by atoms with van der Waals surface area (Å²) in [4.78, 5) is 11.5. The van der Waals surface area contributed by atoms with Gasteiger partial charge in [0.2, 0.25) is 0 Å². The summed E-state index contributed by atoms with van der Waals surface area (Å²) in [6.07, 6.45) is 0.462. The first-order valence-electron chi connectivity index (χ1n) is 5.69. The molecule has 0 aliphatic carbocycles. The molecule has 1 fully saturated rings. The second-order valence-corrected chi connectivity index (χ2v) is 3.57. The van der Waals surface area contributed by atoms with E-state index in [9.17, 15) is 4.79 Å². The Morgan fingerprint density at radius 3 is 2.35 bits per heavy atom. The van der Waals surface area contributed by atoms with E-state index in [4.69, 9.17) is 9.47 Å². The fourth-order valence-electron chi connectivity index (χ4n) is 1.30. The molecular weight excluding hydrogens is 218 g/mol. The topological polar surface area (TPSA) is 57.5 Å². The standard InChI is InChI=1S/C11H14O3.C2H5N/c1-4-9(12)8-6-5-7-10(13-2)11(8)14-3;1-2-3-1/h5-7H,4H2,1-3H3;3H,1-2H2. The van der Waals surface area contributed by atoms with Crippen LogP contribution < -0.4 is 14.8 Å². The Morgan fingerprint density at radius 2 is 1.94 bits per heavy atom. The summed E-state index contributed by atoms with van der Waals surface area (Å²) in [5.41, 5.74) is 0.578. The molecule has 94 valence electrons. The van der Waals surface area contributed by atoms with Gasteiger partial charge in [-0.25, -0.2) is 0 Å². The van der Waals surface area contributed by atoms with Crippen molar-refractivity contribution in [3.05, 3.63) is 23.8 Å². The van der Waals surface area contributed by atoms with Gasteiger partial charge in [-0.15, -0.1) is 0 Å². The van der Waals surface area contributed by atoms with Gasteiger partial charge in [0.25, 0.3) is 0 Å². The number of hydrogen-bond donors (Lipinski definition) is 1. The Balaban J connectivity index is 0.000000415. The van der Waals surface area contributed by atoms with Gasteiger partial charge in [-0.3, -0.25) is 4.79 Å². The van der Waals surface area contributed by atoms with Crippen molar-refractivity contribution in [2.45, 2.75) is 13.3 Å². The zero-order chi connectivity index (χ0) is 12.7. The molecule has 1 aromatic carbocycles. The SMILES string of the molecule is C1CN1.CCC(=O)c1cccc(OC)c1OC. The molecule has 0 atom stereocenters. The van der Waals surface area contributed by atoms with Gasteiger partial charge in [0.05, 0.1) is 19.8 Å². The number of carbonyl (C=O) groups excluding carboxylic acids is 1. The first kappa shape index (κ1) is 13.5. The predicted molar refractivity (Wildman–Crippen MR) is 67.0 cm³/mol. The number of ether oxygens (including phenoxy) is 2. The van der Waals surface area contributed by atoms with Crippen LogP contribution in [0.15, 0.2) is 18.2 Å². The zero-order valence-corrected chi connectivity index (χ0v) is 10.6. The second-order valence-electron chi connectivity index (χ2n) is 3.57. The minimum Gasteiger partial charge on any atom is -0.493 e. The maximum atomic E-state index is 11.5. The molecule has 4 nitrogen and oxygen atoms in total. The van der Waals surface area contributed by atoms with Crippen LogP contribution >= 0.6 is 0 Å². The quantitative estimate of drug-likeness (QED) is 0.641. The van der Waals surface area contributed by atoms with Crippen molar-refractivity contribution in [3.8, 4) is 11.5 Å². The molecule has 4 heteroatoms. The van der Waals surface area contributed by atoms with E-state index in [0.29, 0.717) is 23.5 Å². The van der Waals surface area contributed by atoms with E-state index in [1.54, 1.807) is 25.3 Å². The number of Topliss-reactive ketones (excluding diaryl/α,β-unsaturated/α-hetero) is 1. The third-order valence-electron chi connectivity index (χ3n) is 2.27. The van der Waals surface area contributed by atoms with Crippen LogP contribution in [0.3, 0.4) is 0 Å². The molecule has 0 radical (unpaired) electrons. The maximum absolute atomic E-state index is 11.5. The van der Waals surface area contributed by atoms with Gasteiger partial charge in [-0.2, -0.15) is 0 Å². The fraction of sp³-hybridized carbons (Fsp3) is 0.462. The van der Waals surface area contributed by atoms with E-state index in [-0.39, 0.29) is 5.78 Å². The Labute approximate surface area is 102 Å². The van der Waals surface area contributed by atoms with Crippen molar-refractivity contribution in [1.29, 1.82) is 0 Å². The Morgan fingerprint density at radius 1 is 1.29 bits per heavy atom. The lowest BCUT2D eigenvalue weighted by molar-refractivity contribution is 0.0984. The number of methoxy groups -OCH3 is 2. The van der Waals surface area contributed by atoms with Crippen molar-refractivity contribution in [2.24, 2.45) is 0 Å². The highest BCUT2D eigenvalue weighted by molar-refractivity contribution is 5.99. The van der Waals surface area contributed by atoms with Gasteiger partial charge in [0.15, 0.2) is 17.3 Å². The molecule has 1 saturated heterocycles. The van der Waals surface area contributed by atoms with Gasteiger partial charge in [0, 0.05) is 19.5 Å². The van der Waals surface area contributed by atoms with E-state index in [0.717, 1.165) is 0 Å². The van der Waals surface area contributed by atoms with Crippen molar-refractivity contribution >= 4 is 5.78 Å². The maximum Gasteiger partial charge on any atom is 0.171 e. The number of rotatable bonds is 4. The van der Waals surface area contributed by atoms with Crippen LogP contribution in [-0.4, -0.2) is 33.1 Å². The van der Waals surface area contributed by atoms with Crippen LogP contribution in [0.5, 0.6) is 11.5 Å². The monoisotopic (exact) mass is 237 g/mol. The summed E-state index contributed by atoms with van der Waals surface area (Å²) in [5, 5.41) is 3.00. The molecule has 0 aromatic heterocycles. The van der Waals surface area contributed by atoms with Gasteiger partial charge >= 0.3 is 0 Å². The van der Waals surface area contributed by atoms with Crippen LogP contribution in [0, 0.1) is 0 Å². The van der Waals surface area contributed by atoms with Crippen LogP contribution in [0.25, 0.3) is 0 Å². The lowest BCUT2D eigenvalue weighted by Gasteiger charge is -2.10. The molecule has 0 spiro atoms. The second kappa shape index (κ2) is 6.91. The first-order chi connectivity index (χ1) is 8.24. The average Bonchev–Trinajstić information content (AvgIpc) is 3.24. The molecule has 17 heavy (non-hydrogen) atoms. The number of hydrogen-bond acceptors (Lipinski definition) is 4.